The fraction of sp³-hybridized carbons (Fsp3) is 0.684. The van der Waals surface area contributed by atoms with E-state index in [1.807, 2.05) is 0 Å². The summed E-state index contributed by atoms with van der Waals surface area (Å²) in [6.45, 7) is 11.6. The molecule has 0 atom stereocenters. The van der Waals surface area contributed by atoms with Gasteiger partial charge in [0.15, 0.2) is 0 Å². The summed E-state index contributed by atoms with van der Waals surface area (Å²) < 4.78 is 0. The Morgan fingerprint density at radius 1 is 1.10 bits per heavy atom. The number of piperidine rings is 1. The predicted octanol–water partition coefficient (Wildman–Crippen LogP) is 3.71. The molecular weight excluding hydrogens is 256 g/mol. The van der Waals surface area contributed by atoms with Gasteiger partial charge in [0.05, 0.1) is 0 Å². The van der Waals surface area contributed by atoms with Crippen molar-refractivity contribution in [1.29, 1.82) is 0 Å². The van der Waals surface area contributed by atoms with E-state index in [0.29, 0.717) is 5.41 Å². The van der Waals surface area contributed by atoms with E-state index in [0.717, 1.165) is 19.0 Å². The van der Waals surface area contributed by atoms with Crippen LogP contribution in [-0.2, 0) is 13.0 Å². The summed E-state index contributed by atoms with van der Waals surface area (Å²) in [5.41, 5.74) is 3.33. The molecule has 1 aliphatic rings. The fourth-order valence-corrected chi connectivity index (χ4v) is 3.11. The number of nitrogens with one attached hydrogen (secondary N) is 1. The molecule has 0 radical (unpaired) electrons. The van der Waals surface area contributed by atoms with Crippen LogP contribution in [0.15, 0.2) is 24.3 Å². The summed E-state index contributed by atoms with van der Waals surface area (Å²) in [7, 11) is 2.23. The predicted molar refractivity (Wildman–Crippen MR) is 91.5 cm³/mol. The topological polar surface area (TPSA) is 15.3 Å². The molecule has 2 heteroatoms. The second-order valence-electron chi connectivity index (χ2n) is 7.63. The van der Waals surface area contributed by atoms with Crippen molar-refractivity contribution in [3.05, 3.63) is 35.4 Å². The Balaban J connectivity index is 1.75. The van der Waals surface area contributed by atoms with Gasteiger partial charge in [0.25, 0.3) is 0 Å². The summed E-state index contributed by atoms with van der Waals surface area (Å²) in [4.78, 5) is 2.44. The molecule has 1 N–H and O–H groups in total. The maximum absolute atomic E-state index is 3.67. The van der Waals surface area contributed by atoms with Gasteiger partial charge in [-0.2, -0.15) is 0 Å². The first-order valence-corrected chi connectivity index (χ1v) is 8.44. The number of hydrogen-bond acceptors (Lipinski definition) is 2. The summed E-state index contributed by atoms with van der Waals surface area (Å²) in [6, 6.07) is 9.13. The molecule has 1 heterocycles. The Morgan fingerprint density at radius 3 is 2.24 bits per heavy atom. The van der Waals surface area contributed by atoms with Crippen LogP contribution in [-0.4, -0.2) is 31.6 Å². The number of benzene rings is 1. The van der Waals surface area contributed by atoms with Crippen molar-refractivity contribution < 1.29 is 0 Å². The SMILES string of the molecule is CC(C)Cc1ccc(CNCC2(C)CCN(C)CC2)cc1. The number of rotatable bonds is 6. The second-order valence-corrected chi connectivity index (χ2v) is 7.63. The van der Waals surface area contributed by atoms with Crippen molar-refractivity contribution in [1.82, 2.24) is 10.2 Å². The van der Waals surface area contributed by atoms with Gasteiger partial charge in [0, 0.05) is 13.1 Å². The molecule has 1 fully saturated rings. The van der Waals surface area contributed by atoms with Crippen LogP contribution in [0.5, 0.6) is 0 Å². The Labute approximate surface area is 130 Å². The average Bonchev–Trinajstić information content (AvgIpc) is 2.44. The van der Waals surface area contributed by atoms with Crippen LogP contribution in [0.25, 0.3) is 0 Å². The van der Waals surface area contributed by atoms with Gasteiger partial charge in [-0.15, -0.1) is 0 Å². The van der Waals surface area contributed by atoms with Crippen LogP contribution in [0.4, 0.5) is 0 Å². The minimum absolute atomic E-state index is 0.476. The molecule has 1 saturated heterocycles. The first-order valence-electron chi connectivity index (χ1n) is 8.44. The van der Waals surface area contributed by atoms with Gasteiger partial charge in [0.2, 0.25) is 0 Å². The van der Waals surface area contributed by atoms with Gasteiger partial charge in [-0.05, 0) is 61.9 Å². The Bertz CT molecular complexity index is 414. The lowest BCUT2D eigenvalue weighted by Crippen LogP contribution is -2.41. The zero-order chi connectivity index (χ0) is 15.3. The van der Waals surface area contributed by atoms with Gasteiger partial charge < -0.3 is 10.2 Å². The van der Waals surface area contributed by atoms with Crippen LogP contribution < -0.4 is 5.32 Å². The molecule has 0 aromatic heterocycles. The fourth-order valence-electron chi connectivity index (χ4n) is 3.11. The summed E-state index contributed by atoms with van der Waals surface area (Å²) in [5, 5.41) is 3.67. The third-order valence-corrected chi connectivity index (χ3v) is 4.74. The Kier molecular flexibility index (Phi) is 5.83. The normalized spacial score (nSPS) is 19.1. The van der Waals surface area contributed by atoms with Crippen LogP contribution in [0, 0.1) is 11.3 Å². The van der Waals surface area contributed by atoms with E-state index in [1.165, 1.54) is 43.5 Å². The quantitative estimate of drug-likeness (QED) is 0.858. The summed E-state index contributed by atoms with van der Waals surface area (Å²) in [6.07, 6.45) is 3.80. The highest BCUT2D eigenvalue weighted by Gasteiger charge is 2.28. The first kappa shape index (κ1) is 16.5. The largest absolute Gasteiger partial charge is 0.312 e. The summed E-state index contributed by atoms with van der Waals surface area (Å²) in [5.74, 6) is 0.735. The van der Waals surface area contributed by atoms with E-state index in [9.17, 15) is 0 Å². The monoisotopic (exact) mass is 288 g/mol. The molecule has 1 aromatic rings. The average molecular weight is 288 g/mol. The molecule has 0 unspecified atom stereocenters. The maximum atomic E-state index is 3.67. The van der Waals surface area contributed by atoms with Gasteiger partial charge in [-0.25, -0.2) is 0 Å². The lowest BCUT2D eigenvalue weighted by atomic mass is 9.80. The first-order chi connectivity index (χ1) is 9.97. The van der Waals surface area contributed by atoms with E-state index >= 15 is 0 Å². The van der Waals surface area contributed by atoms with E-state index in [2.05, 4.69) is 62.3 Å². The van der Waals surface area contributed by atoms with Crippen LogP contribution in [0.3, 0.4) is 0 Å². The smallest absolute Gasteiger partial charge is 0.0205 e. The molecular formula is C19H32N2. The lowest BCUT2D eigenvalue weighted by molar-refractivity contribution is 0.137. The highest BCUT2D eigenvalue weighted by molar-refractivity contribution is 5.22. The molecule has 21 heavy (non-hydrogen) atoms. The molecule has 0 amide bonds. The van der Waals surface area contributed by atoms with E-state index in [-0.39, 0.29) is 0 Å². The number of hydrogen-bond donors (Lipinski definition) is 1. The van der Waals surface area contributed by atoms with Crippen molar-refractivity contribution in [2.45, 2.75) is 46.6 Å². The second kappa shape index (κ2) is 7.42. The molecule has 118 valence electrons. The van der Waals surface area contributed by atoms with Gasteiger partial charge in [-0.3, -0.25) is 0 Å². The van der Waals surface area contributed by atoms with E-state index < -0.39 is 0 Å². The Morgan fingerprint density at radius 2 is 1.67 bits per heavy atom. The Hall–Kier alpha value is -0.860. The van der Waals surface area contributed by atoms with Crippen LogP contribution >= 0.6 is 0 Å². The van der Waals surface area contributed by atoms with Gasteiger partial charge in [-0.1, -0.05) is 45.0 Å². The maximum Gasteiger partial charge on any atom is 0.0205 e. The third-order valence-electron chi connectivity index (χ3n) is 4.74. The van der Waals surface area contributed by atoms with E-state index in [1.54, 1.807) is 0 Å². The minimum atomic E-state index is 0.476. The van der Waals surface area contributed by atoms with Crippen LogP contribution in [0.1, 0.15) is 44.7 Å². The van der Waals surface area contributed by atoms with Crippen molar-refractivity contribution in [2.24, 2.45) is 11.3 Å². The van der Waals surface area contributed by atoms with E-state index in [4.69, 9.17) is 0 Å². The molecule has 0 aliphatic carbocycles. The highest BCUT2D eigenvalue weighted by atomic mass is 15.1. The zero-order valence-electron chi connectivity index (χ0n) is 14.3. The van der Waals surface area contributed by atoms with Gasteiger partial charge >= 0.3 is 0 Å². The molecule has 1 aliphatic heterocycles. The zero-order valence-corrected chi connectivity index (χ0v) is 14.3. The molecule has 0 bridgehead atoms. The van der Waals surface area contributed by atoms with Crippen molar-refractivity contribution in [2.75, 3.05) is 26.7 Å². The van der Waals surface area contributed by atoms with Crippen molar-refractivity contribution >= 4 is 0 Å². The van der Waals surface area contributed by atoms with Crippen LogP contribution in [0.2, 0.25) is 0 Å². The minimum Gasteiger partial charge on any atom is -0.312 e. The number of likely N-dealkylation sites (tertiary alicyclic amines) is 1. The third kappa shape index (κ3) is 5.44. The highest BCUT2D eigenvalue weighted by Crippen LogP contribution is 2.29. The van der Waals surface area contributed by atoms with Crippen molar-refractivity contribution in [3.63, 3.8) is 0 Å². The number of nitrogens with zero attached hydrogens (tertiary/aromatic N) is 1. The molecule has 0 spiro atoms. The molecule has 0 saturated carbocycles. The van der Waals surface area contributed by atoms with Gasteiger partial charge in [0.1, 0.15) is 0 Å². The molecule has 2 nitrogen and oxygen atoms in total. The summed E-state index contributed by atoms with van der Waals surface area (Å²) >= 11 is 0. The van der Waals surface area contributed by atoms with Crippen molar-refractivity contribution in [3.8, 4) is 0 Å². The standard InChI is InChI=1S/C19H32N2/c1-16(2)13-17-5-7-18(8-6-17)14-20-15-19(3)9-11-21(4)12-10-19/h5-8,16,20H,9-15H2,1-4H3. The molecule has 2 rings (SSSR count). The molecule has 1 aromatic carbocycles. The lowest BCUT2D eigenvalue weighted by Gasteiger charge is -2.38.